The second-order valence-corrected chi connectivity index (χ2v) is 4.24. The maximum absolute atomic E-state index is 6.17. The third kappa shape index (κ3) is 2.78. The van der Waals surface area contributed by atoms with Gasteiger partial charge in [-0.05, 0) is 35.4 Å². The van der Waals surface area contributed by atoms with E-state index in [1.54, 1.807) is 7.11 Å². The fraction of sp³-hybridized carbons (Fsp3) is 0.143. The smallest absolute Gasteiger partial charge is 0.118 e. The van der Waals surface area contributed by atoms with Crippen molar-refractivity contribution in [1.29, 1.82) is 0 Å². The molecule has 2 aromatic carbocycles. The average molecular weight is 248 g/mol. The van der Waals surface area contributed by atoms with E-state index in [1.807, 2.05) is 48.5 Å². The van der Waals surface area contributed by atoms with Gasteiger partial charge in [0, 0.05) is 5.02 Å². The molecule has 0 saturated heterocycles. The molecule has 0 bridgehead atoms. The lowest BCUT2D eigenvalue weighted by Gasteiger charge is -2.13. The average Bonchev–Trinajstić information content (AvgIpc) is 2.39. The molecular weight excluding hydrogens is 234 g/mol. The first-order valence-corrected chi connectivity index (χ1v) is 5.73. The van der Waals surface area contributed by atoms with Gasteiger partial charge in [-0.1, -0.05) is 35.9 Å². The van der Waals surface area contributed by atoms with Gasteiger partial charge in [0.05, 0.1) is 13.2 Å². The van der Waals surface area contributed by atoms with Crippen molar-refractivity contribution < 1.29 is 4.74 Å². The Kier molecular flexibility index (Phi) is 3.67. The van der Waals surface area contributed by atoms with E-state index in [-0.39, 0.29) is 6.04 Å². The van der Waals surface area contributed by atoms with Crippen LogP contribution in [0.2, 0.25) is 5.02 Å². The number of rotatable bonds is 3. The first kappa shape index (κ1) is 12.0. The van der Waals surface area contributed by atoms with Crippen molar-refractivity contribution in [3.05, 3.63) is 64.7 Å². The van der Waals surface area contributed by atoms with Gasteiger partial charge in [-0.15, -0.1) is 0 Å². The molecule has 0 saturated carbocycles. The van der Waals surface area contributed by atoms with E-state index in [4.69, 9.17) is 22.1 Å². The molecule has 1 atom stereocenters. The lowest BCUT2D eigenvalue weighted by molar-refractivity contribution is 0.414. The molecule has 2 aromatic rings. The molecule has 0 aliphatic carbocycles. The van der Waals surface area contributed by atoms with Gasteiger partial charge in [0.1, 0.15) is 5.75 Å². The standard InChI is InChI=1S/C14H14ClNO/c1-17-13-8-4-11(5-9-13)14(16)10-2-6-12(15)7-3-10/h2-9,14H,16H2,1H3. The number of halogens is 1. The van der Waals surface area contributed by atoms with Crippen LogP contribution in [0.25, 0.3) is 0 Å². The summed E-state index contributed by atoms with van der Waals surface area (Å²) in [4.78, 5) is 0. The van der Waals surface area contributed by atoms with Crippen molar-refractivity contribution >= 4 is 11.6 Å². The van der Waals surface area contributed by atoms with Crippen LogP contribution in [0.4, 0.5) is 0 Å². The van der Waals surface area contributed by atoms with Gasteiger partial charge in [-0.2, -0.15) is 0 Å². The zero-order valence-electron chi connectivity index (χ0n) is 9.56. The molecule has 0 fully saturated rings. The van der Waals surface area contributed by atoms with Crippen molar-refractivity contribution in [1.82, 2.24) is 0 Å². The molecule has 2 N–H and O–H groups in total. The summed E-state index contributed by atoms with van der Waals surface area (Å²) < 4.78 is 5.11. The summed E-state index contributed by atoms with van der Waals surface area (Å²) in [6.07, 6.45) is 0. The van der Waals surface area contributed by atoms with E-state index in [9.17, 15) is 0 Å². The van der Waals surface area contributed by atoms with Crippen LogP contribution in [0.1, 0.15) is 17.2 Å². The van der Waals surface area contributed by atoms with E-state index in [1.165, 1.54) is 0 Å². The molecule has 0 aliphatic rings. The number of hydrogen-bond acceptors (Lipinski definition) is 2. The van der Waals surface area contributed by atoms with E-state index < -0.39 is 0 Å². The first-order chi connectivity index (χ1) is 8.20. The fourth-order valence-corrected chi connectivity index (χ4v) is 1.80. The molecule has 88 valence electrons. The highest BCUT2D eigenvalue weighted by Gasteiger charge is 2.08. The molecule has 3 heteroatoms. The molecule has 0 aliphatic heterocycles. The summed E-state index contributed by atoms with van der Waals surface area (Å²) in [6, 6.07) is 15.2. The van der Waals surface area contributed by atoms with Crippen LogP contribution in [-0.4, -0.2) is 7.11 Å². The van der Waals surface area contributed by atoms with Crippen LogP contribution in [0.15, 0.2) is 48.5 Å². The monoisotopic (exact) mass is 247 g/mol. The molecule has 17 heavy (non-hydrogen) atoms. The topological polar surface area (TPSA) is 35.2 Å². The zero-order valence-corrected chi connectivity index (χ0v) is 10.3. The minimum atomic E-state index is -0.141. The molecule has 2 nitrogen and oxygen atoms in total. The summed E-state index contributed by atoms with van der Waals surface area (Å²) in [5.74, 6) is 0.831. The largest absolute Gasteiger partial charge is 0.497 e. The Morgan fingerprint density at radius 3 is 1.88 bits per heavy atom. The summed E-state index contributed by atoms with van der Waals surface area (Å²) in [6.45, 7) is 0. The third-order valence-electron chi connectivity index (χ3n) is 2.70. The predicted molar refractivity (Wildman–Crippen MR) is 70.5 cm³/mol. The maximum atomic E-state index is 6.17. The Hall–Kier alpha value is -1.51. The van der Waals surface area contributed by atoms with Crippen molar-refractivity contribution in [2.45, 2.75) is 6.04 Å². The van der Waals surface area contributed by atoms with Crippen LogP contribution in [0, 0.1) is 0 Å². The molecule has 2 rings (SSSR count). The van der Waals surface area contributed by atoms with Crippen LogP contribution < -0.4 is 10.5 Å². The lowest BCUT2D eigenvalue weighted by Crippen LogP contribution is -2.11. The Morgan fingerprint density at radius 1 is 0.941 bits per heavy atom. The van der Waals surface area contributed by atoms with Crippen molar-refractivity contribution in [2.24, 2.45) is 5.73 Å². The molecule has 0 heterocycles. The van der Waals surface area contributed by atoms with E-state index >= 15 is 0 Å². The Bertz CT molecular complexity index is 479. The molecule has 0 radical (unpaired) electrons. The Balaban J connectivity index is 2.23. The molecule has 0 amide bonds. The normalized spacial score (nSPS) is 12.2. The SMILES string of the molecule is COc1ccc(C(N)c2ccc(Cl)cc2)cc1. The summed E-state index contributed by atoms with van der Waals surface area (Å²) >= 11 is 5.84. The van der Waals surface area contributed by atoms with Gasteiger partial charge in [0.15, 0.2) is 0 Å². The van der Waals surface area contributed by atoms with Gasteiger partial charge < -0.3 is 10.5 Å². The van der Waals surface area contributed by atoms with Gasteiger partial charge in [0.25, 0.3) is 0 Å². The van der Waals surface area contributed by atoms with E-state index in [2.05, 4.69) is 0 Å². The Morgan fingerprint density at radius 2 is 1.41 bits per heavy atom. The van der Waals surface area contributed by atoms with Crippen molar-refractivity contribution in [2.75, 3.05) is 7.11 Å². The molecule has 0 spiro atoms. The second-order valence-electron chi connectivity index (χ2n) is 3.80. The predicted octanol–water partition coefficient (Wildman–Crippen LogP) is 3.40. The Labute approximate surface area is 106 Å². The quantitative estimate of drug-likeness (QED) is 0.902. The lowest BCUT2D eigenvalue weighted by atomic mass is 10.00. The minimum Gasteiger partial charge on any atom is -0.497 e. The third-order valence-corrected chi connectivity index (χ3v) is 2.96. The number of ether oxygens (including phenoxy) is 1. The first-order valence-electron chi connectivity index (χ1n) is 5.35. The summed E-state index contributed by atoms with van der Waals surface area (Å²) in [7, 11) is 1.65. The molecule has 0 aromatic heterocycles. The van der Waals surface area contributed by atoms with Crippen LogP contribution in [0.3, 0.4) is 0 Å². The van der Waals surface area contributed by atoms with E-state index in [0.29, 0.717) is 0 Å². The van der Waals surface area contributed by atoms with Crippen molar-refractivity contribution in [3.8, 4) is 5.75 Å². The van der Waals surface area contributed by atoms with Crippen LogP contribution >= 0.6 is 11.6 Å². The highest BCUT2D eigenvalue weighted by atomic mass is 35.5. The maximum Gasteiger partial charge on any atom is 0.118 e. The molecular formula is C14H14ClNO. The van der Waals surface area contributed by atoms with Crippen LogP contribution in [-0.2, 0) is 0 Å². The zero-order chi connectivity index (χ0) is 12.3. The van der Waals surface area contributed by atoms with Gasteiger partial charge >= 0.3 is 0 Å². The minimum absolute atomic E-state index is 0.141. The number of hydrogen-bond donors (Lipinski definition) is 1. The number of nitrogens with two attached hydrogens (primary N) is 1. The number of benzene rings is 2. The van der Waals surface area contributed by atoms with Crippen molar-refractivity contribution in [3.63, 3.8) is 0 Å². The van der Waals surface area contributed by atoms with Gasteiger partial charge in [-0.25, -0.2) is 0 Å². The highest BCUT2D eigenvalue weighted by molar-refractivity contribution is 6.30. The highest BCUT2D eigenvalue weighted by Crippen LogP contribution is 2.23. The number of methoxy groups -OCH3 is 1. The second kappa shape index (κ2) is 5.21. The van der Waals surface area contributed by atoms with E-state index in [0.717, 1.165) is 21.9 Å². The summed E-state index contributed by atoms with van der Waals surface area (Å²) in [5.41, 5.74) is 8.26. The fourth-order valence-electron chi connectivity index (χ4n) is 1.67. The van der Waals surface area contributed by atoms with Gasteiger partial charge in [0.2, 0.25) is 0 Å². The molecule has 1 unspecified atom stereocenters. The van der Waals surface area contributed by atoms with Crippen LogP contribution in [0.5, 0.6) is 5.75 Å². The summed E-state index contributed by atoms with van der Waals surface area (Å²) in [5, 5.41) is 0.718. The van der Waals surface area contributed by atoms with Gasteiger partial charge in [-0.3, -0.25) is 0 Å².